The molecule has 0 spiro atoms. The maximum Gasteiger partial charge on any atom is 0.323 e. The minimum Gasteiger partial charge on any atom is -0.468 e. The summed E-state index contributed by atoms with van der Waals surface area (Å²) in [4.78, 5) is 11.6. The Morgan fingerprint density at radius 3 is 2.81 bits per heavy atom. The van der Waals surface area contributed by atoms with Crippen LogP contribution in [0.1, 0.15) is 39.0 Å². The highest BCUT2D eigenvalue weighted by molar-refractivity contribution is 5.75. The molecule has 0 saturated carbocycles. The molecule has 1 rings (SSSR count). The number of ether oxygens (including phenoxy) is 1. The van der Waals surface area contributed by atoms with E-state index < -0.39 is 0 Å². The second-order valence-corrected chi connectivity index (χ2v) is 3.62. The molecule has 0 amide bonds. The largest absolute Gasteiger partial charge is 0.468 e. The van der Waals surface area contributed by atoms with E-state index in [4.69, 9.17) is 9.15 Å². The van der Waals surface area contributed by atoms with Crippen molar-refractivity contribution in [1.82, 2.24) is 5.32 Å². The summed E-state index contributed by atoms with van der Waals surface area (Å²) in [5.74, 6) is 0.617. The molecular formula is C12H19NO3. The fourth-order valence-electron chi connectivity index (χ4n) is 1.52. The van der Waals surface area contributed by atoms with Crippen molar-refractivity contribution in [3.05, 3.63) is 24.2 Å². The number of hydrogen-bond acceptors (Lipinski definition) is 4. The first-order chi connectivity index (χ1) is 7.69. The van der Waals surface area contributed by atoms with Crippen LogP contribution in [-0.4, -0.2) is 18.6 Å². The van der Waals surface area contributed by atoms with Crippen molar-refractivity contribution in [2.45, 2.75) is 39.3 Å². The first-order valence-electron chi connectivity index (χ1n) is 5.65. The predicted octanol–water partition coefficient (Wildman–Crippen LogP) is 2.27. The van der Waals surface area contributed by atoms with Crippen LogP contribution in [-0.2, 0) is 9.53 Å². The lowest BCUT2D eigenvalue weighted by Gasteiger charge is -2.19. The third kappa shape index (κ3) is 3.38. The monoisotopic (exact) mass is 225 g/mol. The molecule has 1 aromatic rings. The number of nitrogens with one attached hydrogen (secondary N) is 1. The van der Waals surface area contributed by atoms with Gasteiger partial charge in [-0.15, -0.1) is 0 Å². The van der Waals surface area contributed by atoms with E-state index >= 15 is 0 Å². The fourth-order valence-corrected chi connectivity index (χ4v) is 1.52. The van der Waals surface area contributed by atoms with Crippen molar-refractivity contribution < 1.29 is 13.9 Å². The van der Waals surface area contributed by atoms with Gasteiger partial charge in [0, 0.05) is 0 Å². The molecule has 16 heavy (non-hydrogen) atoms. The van der Waals surface area contributed by atoms with Crippen LogP contribution in [0.4, 0.5) is 0 Å². The van der Waals surface area contributed by atoms with Gasteiger partial charge in [-0.3, -0.25) is 10.1 Å². The number of hydrogen-bond donors (Lipinski definition) is 1. The van der Waals surface area contributed by atoms with Crippen LogP contribution in [0.5, 0.6) is 0 Å². The molecule has 0 saturated heterocycles. The minimum atomic E-state index is -0.278. The second-order valence-electron chi connectivity index (χ2n) is 3.62. The summed E-state index contributed by atoms with van der Waals surface area (Å²) in [7, 11) is 0. The van der Waals surface area contributed by atoms with Crippen LogP contribution in [0.25, 0.3) is 0 Å². The number of rotatable bonds is 6. The summed E-state index contributed by atoms with van der Waals surface area (Å²) in [6.45, 7) is 6.12. The number of furan rings is 1. The number of carbonyl (C=O) groups excluding carboxylic acids is 1. The summed E-state index contributed by atoms with van der Waals surface area (Å²) in [6, 6.07) is 3.44. The van der Waals surface area contributed by atoms with E-state index in [-0.39, 0.29) is 18.1 Å². The van der Waals surface area contributed by atoms with E-state index in [0.29, 0.717) is 13.0 Å². The Hall–Kier alpha value is -1.29. The van der Waals surface area contributed by atoms with Crippen molar-refractivity contribution in [2.24, 2.45) is 0 Å². The maximum absolute atomic E-state index is 11.6. The van der Waals surface area contributed by atoms with E-state index in [9.17, 15) is 4.79 Å². The Balaban J connectivity index is 2.53. The lowest BCUT2D eigenvalue weighted by molar-refractivity contribution is -0.146. The van der Waals surface area contributed by atoms with Crippen LogP contribution in [0.3, 0.4) is 0 Å². The van der Waals surface area contributed by atoms with Gasteiger partial charge in [0.05, 0.1) is 18.9 Å². The topological polar surface area (TPSA) is 51.5 Å². The molecule has 0 bridgehead atoms. The van der Waals surface area contributed by atoms with E-state index in [1.54, 1.807) is 13.2 Å². The molecule has 0 aliphatic heterocycles. The molecule has 1 aromatic heterocycles. The van der Waals surface area contributed by atoms with Crippen LogP contribution in [0.2, 0.25) is 0 Å². The molecule has 4 nitrogen and oxygen atoms in total. The van der Waals surface area contributed by atoms with Crippen molar-refractivity contribution in [2.75, 3.05) is 6.61 Å². The van der Waals surface area contributed by atoms with Gasteiger partial charge in [0.2, 0.25) is 0 Å². The fraction of sp³-hybridized carbons (Fsp3) is 0.583. The first kappa shape index (κ1) is 12.8. The van der Waals surface area contributed by atoms with Crippen molar-refractivity contribution >= 4 is 5.97 Å². The molecule has 0 aliphatic rings. The van der Waals surface area contributed by atoms with Gasteiger partial charge in [-0.2, -0.15) is 0 Å². The second kappa shape index (κ2) is 6.33. The molecule has 1 heterocycles. The smallest absolute Gasteiger partial charge is 0.323 e. The number of esters is 1. The molecule has 0 fully saturated rings. The molecule has 2 atom stereocenters. The summed E-state index contributed by atoms with van der Waals surface area (Å²) in [6.07, 6.45) is 2.32. The van der Waals surface area contributed by atoms with Gasteiger partial charge < -0.3 is 9.15 Å². The predicted molar refractivity (Wildman–Crippen MR) is 61.0 cm³/mol. The van der Waals surface area contributed by atoms with Crippen molar-refractivity contribution in [1.29, 1.82) is 0 Å². The van der Waals surface area contributed by atoms with Crippen molar-refractivity contribution in [3.8, 4) is 0 Å². The first-order valence-corrected chi connectivity index (χ1v) is 5.65. The highest BCUT2D eigenvalue weighted by atomic mass is 16.5. The quantitative estimate of drug-likeness (QED) is 0.754. The standard InChI is InChI=1S/C12H19NO3/c1-4-10(12(14)15-5-2)13-9(3)11-7-6-8-16-11/h6-10,13H,4-5H2,1-3H3/t9-,10?/m0/s1. The minimum absolute atomic E-state index is 0.00403. The Morgan fingerprint density at radius 2 is 2.31 bits per heavy atom. The zero-order chi connectivity index (χ0) is 12.0. The Morgan fingerprint density at radius 1 is 1.56 bits per heavy atom. The SMILES string of the molecule is CCOC(=O)C(CC)N[C@@H](C)c1ccco1. The van der Waals surface area contributed by atoms with Crippen molar-refractivity contribution in [3.63, 3.8) is 0 Å². The Labute approximate surface area is 96.0 Å². The summed E-state index contributed by atoms with van der Waals surface area (Å²) < 4.78 is 10.2. The van der Waals surface area contributed by atoms with E-state index in [2.05, 4.69) is 5.32 Å². The zero-order valence-electron chi connectivity index (χ0n) is 10.0. The van der Waals surface area contributed by atoms with Gasteiger partial charge in [-0.25, -0.2) is 0 Å². The van der Waals surface area contributed by atoms with Gasteiger partial charge in [-0.05, 0) is 32.4 Å². The summed E-state index contributed by atoms with van der Waals surface area (Å²) in [5, 5.41) is 3.19. The molecule has 1 N–H and O–H groups in total. The third-order valence-electron chi connectivity index (χ3n) is 2.40. The van der Waals surface area contributed by atoms with Gasteiger partial charge in [0.25, 0.3) is 0 Å². The van der Waals surface area contributed by atoms with E-state index in [0.717, 1.165) is 5.76 Å². The normalized spacial score (nSPS) is 14.4. The molecular weight excluding hydrogens is 206 g/mol. The van der Waals surface area contributed by atoms with Crippen LogP contribution in [0, 0.1) is 0 Å². The molecule has 1 unspecified atom stereocenters. The van der Waals surface area contributed by atoms with Crippen LogP contribution in [0.15, 0.2) is 22.8 Å². The Bertz CT molecular complexity index is 308. The summed E-state index contributed by atoms with van der Waals surface area (Å²) >= 11 is 0. The molecule has 90 valence electrons. The lowest BCUT2D eigenvalue weighted by Crippen LogP contribution is -2.38. The van der Waals surface area contributed by atoms with Crippen LogP contribution >= 0.6 is 0 Å². The molecule has 0 radical (unpaired) electrons. The molecule has 0 aromatic carbocycles. The van der Waals surface area contributed by atoms with Gasteiger partial charge in [0.1, 0.15) is 11.8 Å². The molecule has 4 heteroatoms. The number of carbonyl (C=O) groups is 1. The van der Waals surface area contributed by atoms with Crippen LogP contribution < -0.4 is 5.32 Å². The highest BCUT2D eigenvalue weighted by Gasteiger charge is 2.21. The third-order valence-corrected chi connectivity index (χ3v) is 2.40. The highest BCUT2D eigenvalue weighted by Crippen LogP contribution is 2.14. The zero-order valence-corrected chi connectivity index (χ0v) is 10.0. The Kier molecular flexibility index (Phi) is 5.05. The summed E-state index contributed by atoms with van der Waals surface area (Å²) in [5.41, 5.74) is 0. The lowest BCUT2D eigenvalue weighted by atomic mass is 10.1. The van der Waals surface area contributed by atoms with Gasteiger partial charge in [0.15, 0.2) is 0 Å². The molecule has 0 aliphatic carbocycles. The average Bonchev–Trinajstić information content (AvgIpc) is 2.79. The van der Waals surface area contributed by atoms with E-state index in [1.807, 2.05) is 26.0 Å². The average molecular weight is 225 g/mol. The van der Waals surface area contributed by atoms with Gasteiger partial charge >= 0.3 is 5.97 Å². The van der Waals surface area contributed by atoms with E-state index in [1.165, 1.54) is 0 Å². The van der Waals surface area contributed by atoms with Gasteiger partial charge in [-0.1, -0.05) is 6.92 Å². The maximum atomic E-state index is 11.6.